The molecule has 0 unspecified atom stereocenters. The molecule has 0 fully saturated rings. The van der Waals surface area contributed by atoms with Crippen LogP contribution in [0.4, 0.5) is 0 Å². The first-order valence-corrected chi connectivity index (χ1v) is 4.64. The number of nitriles is 1. The molecule has 1 aromatic rings. The number of nitrogens with zero attached hydrogens (tertiary/aromatic N) is 3. The standard InChI is InChI=1S/C10H13N3O/c1-9-7-10(14)13(8-12-9)6-4-2-3-5-11/h7-8H,2-4,6H2,1H3. The maximum absolute atomic E-state index is 11.4. The molecule has 0 bridgehead atoms. The van der Waals surface area contributed by atoms with Crippen LogP contribution in [-0.4, -0.2) is 9.55 Å². The number of aromatic nitrogens is 2. The van der Waals surface area contributed by atoms with Gasteiger partial charge in [0.2, 0.25) is 0 Å². The molecule has 4 nitrogen and oxygen atoms in total. The molecule has 0 saturated carbocycles. The van der Waals surface area contributed by atoms with Gasteiger partial charge in [0.05, 0.1) is 12.4 Å². The Labute approximate surface area is 82.8 Å². The SMILES string of the molecule is Cc1cc(=O)n(CCCCC#N)cn1. The summed E-state index contributed by atoms with van der Waals surface area (Å²) in [5.41, 5.74) is 0.720. The Balaban J connectivity index is 2.52. The summed E-state index contributed by atoms with van der Waals surface area (Å²) in [5, 5.41) is 8.32. The summed E-state index contributed by atoms with van der Waals surface area (Å²) < 4.78 is 1.57. The van der Waals surface area contributed by atoms with Crippen LogP contribution in [0.1, 0.15) is 25.0 Å². The summed E-state index contributed by atoms with van der Waals surface area (Å²) in [6.07, 6.45) is 3.78. The van der Waals surface area contributed by atoms with Gasteiger partial charge in [0, 0.05) is 24.7 Å². The number of hydrogen-bond acceptors (Lipinski definition) is 3. The maximum Gasteiger partial charge on any atom is 0.253 e. The third kappa shape index (κ3) is 3.02. The molecule has 0 radical (unpaired) electrons. The molecular formula is C10H13N3O. The lowest BCUT2D eigenvalue weighted by Gasteiger charge is -2.03. The summed E-state index contributed by atoms with van der Waals surface area (Å²) in [4.78, 5) is 15.4. The van der Waals surface area contributed by atoms with Gasteiger partial charge in [0.25, 0.3) is 5.56 Å². The summed E-state index contributed by atoms with van der Waals surface area (Å²) in [6, 6.07) is 3.59. The molecule has 0 aliphatic heterocycles. The molecule has 4 heteroatoms. The van der Waals surface area contributed by atoms with Crippen LogP contribution in [0.2, 0.25) is 0 Å². The molecule has 1 aromatic heterocycles. The highest BCUT2D eigenvalue weighted by Gasteiger charge is 1.96. The second-order valence-corrected chi connectivity index (χ2v) is 3.18. The zero-order chi connectivity index (χ0) is 10.4. The lowest BCUT2D eigenvalue weighted by molar-refractivity contribution is 0.589. The zero-order valence-electron chi connectivity index (χ0n) is 8.23. The first kappa shape index (κ1) is 10.5. The summed E-state index contributed by atoms with van der Waals surface area (Å²) in [5.74, 6) is 0. The van der Waals surface area contributed by atoms with Crippen molar-refractivity contribution in [3.63, 3.8) is 0 Å². The van der Waals surface area contributed by atoms with Gasteiger partial charge >= 0.3 is 0 Å². The summed E-state index contributed by atoms with van der Waals surface area (Å²) in [7, 11) is 0. The summed E-state index contributed by atoms with van der Waals surface area (Å²) >= 11 is 0. The van der Waals surface area contributed by atoms with Crippen LogP contribution in [0.25, 0.3) is 0 Å². The van der Waals surface area contributed by atoms with E-state index in [0.29, 0.717) is 13.0 Å². The van der Waals surface area contributed by atoms with Crippen molar-refractivity contribution in [2.24, 2.45) is 0 Å². The molecule has 0 aliphatic rings. The van der Waals surface area contributed by atoms with E-state index in [1.54, 1.807) is 17.8 Å². The van der Waals surface area contributed by atoms with Crippen LogP contribution >= 0.6 is 0 Å². The third-order valence-electron chi connectivity index (χ3n) is 1.95. The number of aryl methyl sites for hydroxylation is 2. The molecule has 0 saturated heterocycles. The van der Waals surface area contributed by atoms with E-state index in [-0.39, 0.29) is 5.56 Å². The van der Waals surface area contributed by atoms with Crippen molar-refractivity contribution in [1.29, 1.82) is 5.26 Å². The fourth-order valence-electron chi connectivity index (χ4n) is 1.17. The molecule has 74 valence electrons. The van der Waals surface area contributed by atoms with Gasteiger partial charge in [-0.3, -0.25) is 9.36 Å². The van der Waals surface area contributed by atoms with Crippen molar-refractivity contribution in [1.82, 2.24) is 9.55 Å². The molecular weight excluding hydrogens is 178 g/mol. The van der Waals surface area contributed by atoms with Gasteiger partial charge in [-0.1, -0.05) is 0 Å². The van der Waals surface area contributed by atoms with Crippen molar-refractivity contribution in [3.8, 4) is 6.07 Å². The van der Waals surface area contributed by atoms with Crippen LogP contribution in [0.5, 0.6) is 0 Å². The van der Waals surface area contributed by atoms with E-state index in [0.717, 1.165) is 18.5 Å². The van der Waals surface area contributed by atoms with E-state index in [4.69, 9.17) is 5.26 Å². The van der Waals surface area contributed by atoms with E-state index >= 15 is 0 Å². The molecule has 0 aliphatic carbocycles. The molecule has 1 rings (SSSR count). The third-order valence-corrected chi connectivity index (χ3v) is 1.95. The second-order valence-electron chi connectivity index (χ2n) is 3.18. The molecule has 0 amide bonds. The normalized spacial score (nSPS) is 9.71. The van der Waals surface area contributed by atoms with E-state index in [1.165, 1.54) is 6.07 Å². The molecule has 0 aromatic carbocycles. The largest absolute Gasteiger partial charge is 0.299 e. The highest BCUT2D eigenvalue weighted by atomic mass is 16.1. The molecule has 0 N–H and O–H groups in total. The first-order chi connectivity index (χ1) is 6.74. The van der Waals surface area contributed by atoms with Crippen molar-refractivity contribution < 1.29 is 0 Å². The van der Waals surface area contributed by atoms with Gasteiger partial charge in [-0.05, 0) is 19.8 Å². The molecule has 1 heterocycles. The maximum atomic E-state index is 11.4. The van der Waals surface area contributed by atoms with E-state index in [1.807, 2.05) is 0 Å². The number of hydrogen-bond donors (Lipinski definition) is 0. The number of rotatable bonds is 4. The zero-order valence-corrected chi connectivity index (χ0v) is 8.23. The predicted octanol–water partition coefficient (Wildman–Crippen LogP) is 1.25. The van der Waals surface area contributed by atoms with Crippen LogP contribution in [-0.2, 0) is 6.54 Å². The van der Waals surface area contributed by atoms with Gasteiger partial charge in [-0.2, -0.15) is 5.26 Å². The fraction of sp³-hybridized carbons (Fsp3) is 0.500. The van der Waals surface area contributed by atoms with Crippen molar-refractivity contribution in [2.45, 2.75) is 32.7 Å². The van der Waals surface area contributed by atoms with Crippen molar-refractivity contribution in [2.75, 3.05) is 0 Å². The number of unbranched alkanes of at least 4 members (excludes halogenated alkanes) is 2. The van der Waals surface area contributed by atoms with Crippen molar-refractivity contribution >= 4 is 0 Å². The Morgan fingerprint density at radius 2 is 2.36 bits per heavy atom. The lowest BCUT2D eigenvalue weighted by atomic mass is 10.2. The van der Waals surface area contributed by atoms with Crippen molar-refractivity contribution in [3.05, 3.63) is 28.4 Å². The lowest BCUT2D eigenvalue weighted by Crippen LogP contribution is -2.19. The highest BCUT2D eigenvalue weighted by Crippen LogP contribution is 1.96. The first-order valence-electron chi connectivity index (χ1n) is 4.64. The minimum atomic E-state index is -0.0190. The Bertz CT molecular complexity index is 389. The van der Waals surface area contributed by atoms with E-state index in [2.05, 4.69) is 11.1 Å². The predicted molar refractivity (Wildman–Crippen MR) is 52.7 cm³/mol. The monoisotopic (exact) mass is 191 g/mol. The minimum Gasteiger partial charge on any atom is -0.299 e. The second kappa shape index (κ2) is 5.18. The van der Waals surface area contributed by atoms with Crippen LogP contribution < -0.4 is 5.56 Å². The molecule has 0 atom stereocenters. The Kier molecular flexibility index (Phi) is 3.86. The van der Waals surface area contributed by atoms with Crippen LogP contribution in [0.15, 0.2) is 17.2 Å². The van der Waals surface area contributed by atoms with Crippen LogP contribution in [0, 0.1) is 18.3 Å². The fourth-order valence-corrected chi connectivity index (χ4v) is 1.17. The average Bonchev–Trinajstić information content (AvgIpc) is 2.15. The average molecular weight is 191 g/mol. The Hall–Kier alpha value is -1.63. The van der Waals surface area contributed by atoms with Gasteiger partial charge in [0.1, 0.15) is 0 Å². The Morgan fingerprint density at radius 1 is 1.57 bits per heavy atom. The smallest absolute Gasteiger partial charge is 0.253 e. The Morgan fingerprint density at radius 3 is 3.00 bits per heavy atom. The van der Waals surface area contributed by atoms with Gasteiger partial charge in [0.15, 0.2) is 0 Å². The molecule has 0 spiro atoms. The molecule has 14 heavy (non-hydrogen) atoms. The topological polar surface area (TPSA) is 58.7 Å². The van der Waals surface area contributed by atoms with Gasteiger partial charge < -0.3 is 0 Å². The summed E-state index contributed by atoms with van der Waals surface area (Å²) in [6.45, 7) is 2.44. The van der Waals surface area contributed by atoms with Crippen LogP contribution in [0.3, 0.4) is 0 Å². The quantitative estimate of drug-likeness (QED) is 0.673. The van der Waals surface area contributed by atoms with E-state index < -0.39 is 0 Å². The van der Waals surface area contributed by atoms with Gasteiger partial charge in [-0.25, -0.2) is 4.98 Å². The van der Waals surface area contributed by atoms with Gasteiger partial charge in [-0.15, -0.1) is 0 Å². The minimum absolute atomic E-state index is 0.0190. The van der Waals surface area contributed by atoms with E-state index in [9.17, 15) is 4.79 Å². The highest BCUT2D eigenvalue weighted by molar-refractivity contribution is 4.95.